The van der Waals surface area contributed by atoms with Crippen molar-refractivity contribution in [1.29, 1.82) is 10.5 Å². The molecule has 0 saturated heterocycles. The molecular formula is C16H12N3O6-. The molecule has 25 heavy (non-hydrogen) atoms. The fourth-order valence-electron chi connectivity index (χ4n) is 1.37. The van der Waals surface area contributed by atoms with Gasteiger partial charge in [-0.05, 0) is 23.8 Å². The number of hydrogen-bond acceptors (Lipinski definition) is 8. The number of carbonyl (C=O) groups excluding carboxylic acids is 3. The molecule has 0 heterocycles. The molecule has 0 aromatic carbocycles. The lowest BCUT2D eigenvalue weighted by molar-refractivity contribution is -0.136. The van der Waals surface area contributed by atoms with Gasteiger partial charge in [-0.1, -0.05) is 0 Å². The molecule has 0 atom stereocenters. The highest BCUT2D eigenvalue weighted by atomic mass is 16.5. The Kier molecular flexibility index (Phi) is 9.04. The largest absolute Gasteiger partial charge is 0.763 e. The predicted octanol–water partition coefficient (Wildman–Crippen LogP) is 0.497. The predicted molar refractivity (Wildman–Crippen MR) is 83.4 cm³/mol. The fraction of sp³-hybridized carbons (Fsp3) is 0.188. The van der Waals surface area contributed by atoms with Crippen LogP contribution in [0.1, 0.15) is 0 Å². The second-order valence-corrected chi connectivity index (χ2v) is 3.98. The van der Waals surface area contributed by atoms with Gasteiger partial charge in [-0.25, -0.2) is 14.4 Å². The first-order valence-corrected chi connectivity index (χ1v) is 6.35. The number of nitriles is 2. The molecule has 9 heteroatoms. The summed E-state index contributed by atoms with van der Waals surface area (Å²) < 4.78 is 13.2. The minimum atomic E-state index is -0.991. The normalized spacial score (nSPS) is 10.3. The van der Waals surface area contributed by atoms with Crippen molar-refractivity contribution in [3.05, 3.63) is 45.9 Å². The van der Waals surface area contributed by atoms with E-state index < -0.39 is 34.6 Å². The van der Waals surface area contributed by atoms with Gasteiger partial charge in [0.1, 0.15) is 23.3 Å². The van der Waals surface area contributed by atoms with Crippen LogP contribution in [0.4, 0.5) is 0 Å². The zero-order valence-electron chi connectivity index (χ0n) is 13.5. The van der Waals surface area contributed by atoms with Crippen molar-refractivity contribution in [2.75, 3.05) is 21.3 Å². The van der Waals surface area contributed by atoms with Crippen LogP contribution in [0.25, 0.3) is 5.41 Å². The van der Waals surface area contributed by atoms with Gasteiger partial charge in [0.15, 0.2) is 0 Å². The first kappa shape index (κ1) is 21.1. The minimum absolute atomic E-state index is 0.147. The monoisotopic (exact) mass is 342 g/mol. The van der Waals surface area contributed by atoms with Gasteiger partial charge in [-0.2, -0.15) is 10.5 Å². The summed E-state index contributed by atoms with van der Waals surface area (Å²) in [7, 11) is 3.13. The molecule has 0 N–H and O–H groups in total. The molecule has 0 radical (unpaired) electrons. The Bertz CT molecular complexity index is 753. The molecule has 0 aromatic heterocycles. The second kappa shape index (κ2) is 10.7. The van der Waals surface area contributed by atoms with Crippen LogP contribution in [0.15, 0.2) is 40.5 Å². The molecule has 0 unspecified atom stereocenters. The summed E-state index contributed by atoms with van der Waals surface area (Å²) in [5, 5.41) is 26.9. The molecule has 0 aromatic rings. The van der Waals surface area contributed by atoms with E-state index in [4.69, 9.17) is 15.9 Å². The van der Waals surface area contributed by atoms with Crippen LogP contribution in [-0.2, 0) is 28.6 Å². The van der Waals surface area contributed by atoms with Gasteiger partial charge in [0.05, 0.1) is 26.9 Å². The number of ether oxygens (including phenoxy) is 3. The zero-order chi connectivity index (χ0) is 19.4. The first-order chi connectivity index (χ1) is 11.9. The highest BCUT2D eigenvalue weighted by molar-refractivity contribution is 6.02. The third-order valence-electron chi connectivity index (χ3n) is 2.51. The molecule has 0 aliphatic heterocycles. The molecule has 0 fully saturated rings. The summed E-state index contributed by atoms with van der Waals surface area (Å²) in [5.74, 6) is -1.41. The lowest BCUT2D eigenvalue weighted by atomic mass is 10.1. The van der Waals surface area contributed by atoms with E-state index in [1.807, 2.05) is 0 Å². The maximum atomic E-state index is 11.5. The average molecular weight is 342 g/mol. The standard InChI is InChI=1S/C16H12N3O6/c1-23-14(20)11(7-17)4-10(5-12(8-18)15(21)24-2)6-13(9-19)16(22)25-3/h4-6H,1-3H3/q-1/b11-4+,12-5+. The number of nitrogens with zero attached hydrogens (tertiary/aromatic N) is 3. The summed E-state index contributed by atoms with van der Waals surface area (Å²) >= 11 is 0. The Hall–Kier alpha value is -3.94. The smallest absolute Gasteiger partial charge is 0.348 e. The van der Waals surface area contributed by atoms with Gasteiger partial charge >= 0.3 is 17.9 Å². The van der Waals surface area contributed by atoms with Crippen LogP contribution in [0.3, 0.4) is 0 Å². The lowest BCUT2D eigenvalue weighted by Gasteiger charge is -2.03. The Morgan fingerprint density at radius 3 is 1.48 bits per heavy atom. The molecule has 9 nitrogen and oxygen atoms in total. The summed E-state index contributed by atoms with van der Waals surface area (Å²) in [6.45, 7) is 0. The Labute approximate surface area is 143 Å². The van der Waals surface area contributed by atoms with Crippen molar-refractivity contribution in [3.63, 3.8) is 0 Å². The van der Waals surface area contributed by atoms with Crippen LogP contribution in [0.5, 0.6) is 0 Å². The number of allylic oxidation sites excluding steroid dienone is 3. The van der Waals surface area contributed by atoms with Crippen LogP contribution in [0, 0.1) is 22.7 Å². The molecule has 0 spiro atoms. The van der Waals surface area contributed by atoms with E-state index in [-0.39, 0.29) is 5.57 Å². The van der Waals surface area contributed by atoms with E-state index in [1.165, 1.54) is 0 Å². The Morgan fingerprint density at radius 1 is 0.800 bits per heavy atom. The van der Waals surface area contributed by atoms with E-state index in [9.17, 15) is 14.4 Å². The fourth-order valence-corrected chi connectivity index (χ4v) is 1.37. The van der Waals surface area contributed by atoms with Gasteiger partial charge in [-0.15, -0.1) is 0 Å². The first-order valence-electron chi connectivity index (χ1n) is 6.35. The van der Waals surface area contributed by atoms with Gasteiger partial charge < -0.3 is 19.6 Å². The van der Waals surface area contributed by atoms with Gasteiger partial charge in [0.25, 0.3) is 0 Å². The topological polar surface area (TPSA) is 149 Å². The van der Waals surface area contributed by atoms with Crippen LogP contribution in [0.2, 0.25) is 0 Å². The molecule has 0 rings (SSSR count). The van der Waals surface area contributed by atoms with Crippen LogP contribution in [-0.4, -0.2) is 45.1 Å². The van der Waals surface area contributed by atoms with Crippen molar-refractivity contribution in [2.24, 2.45) is 0 Å². The van der Waals surface area contributed by atoms with Crippen LogP contribution >= 0.6 is 0 Å². The van der Waals surface area contributed by atoms with E-state index in [0.717, 1.165) is 39.6 Å². The van der Waals surface area contributed by atoms with E-state index in [1.54, 1.807) is 18.0 Å². The Morgan fingerprint density at radius 2 is 1.20 bits per heavy atom. The molecule has 0 amide bonds. The quantitative estimate of drug-likeness (QED) is 0.169. The van der Waals surface area contributed by atoms with Crippen molar-refractivity contribution < 1.29 is 28.6 Å². The lowest BCUT2D eigenvalue weighted by Crippen LogP contribution is -2.06. The maximum absolute atomic E-state index is 11.5. The molecule has 0 aliphatic carbocycles. The third-order valence-corrected chi connectivity index (χ3v) is 2.51. The number of esters is 3. The number of carbonyl (C=O) groups is 3. The second-order valence-electron chi connectivity index (χ2n) is 3.98. The number of methoxy groups -OCH3 is 3. The minimum Gasteiger partial charge on any atom is -0.763 e. The zero-order valence-corrected chi connectivity index (χ0v) is 13.5. The molecule has 0 saturated carbocycles. The average Bonchev–Trinajstić information content (AvgIpc) is 2.65. The van der Waals surface area contributed by atoms with E-state index in [2.05, 4.69) is 14.2 Å². The van der Waals surface area contributed by atoms with Crippen molar-refractivity contribution >= 4 is 23.8 Å². The summed E-state index contributed by atoms with van der Waals surface area (Å²) in [4.78, 5) is 34.5. The van der Waals surface area contributed by atoms with Gasteiger partial charge in [0, 0.05) is 0 Å². The summed E-state index contributed by atoms with van der Waals surface area (Å²) in [5.41, 5.74) is -1.62. The number of hydrogen-bond donors (Lipinski definition) is 0. The Balaban J connectivity index is 6.45. The van der Waals surface area contributed by atoms with Crippen molar-refractivity contribution in [2.45, 2.75) is 0 Å². The number of rotatable bonds is 6. The third kappa shape index (κ3) is 6.37. The molecule has 0 bridgehead atoms. The van der Waals surface area contributed by atoms with E-state index in [0.29, 0.717) is 0 Å². The SMILES string of the molecule is COC(=O)C(=C=[N-])C=C(/C=C(\C#N)C(=O)OC)/C=C(\C#N)C(=O)OC. The van der Waals surface area contributed by atoms with Crippen LogP contribution < -0.4 is 0 Å². The van der Waals surface area contributed by atoms with Crippen molar-refractivity contribution in [3.8, 4) is 12.1 Å². The van der Waals surface area contributed by atoms with Gasteiger partial charge in [-0.3, -0.25) is 5.87 Å². The molecule has 0 aliphatic rings. The van der Waals surface area contributed by atoms with E-state index >= 15 is 0 Å². The highest BCUT2D eigenvalue weighted by Crippen LogP contribution is 2.13. The van der Waals surface area contributed by atoms with Gasteiger partial charge in [0.2, 0.25) is 0 Å². The molecule has 128 valence electrons. The van der Waals surface area contributed by atoms with Crippen molar-refractivity contribution in [1.82, 2.24) is 0 Å². The summed E-state index contributed by atoms with van der Waals surface area (Å²) in [6.07, 6.45) is 2.81. The molecular weight excluding hydrogens is 330 g/mol. The maximum Gasteiger partial charge on any atom is 0.348 e. The summed E-state index contributed by atoms with van der Waals surface area (Å²) in [6, 6.07) is 3.12. The highest BCUT2D eigenvalue weighted by Gasteiger charge is 2.14.